The first kappa shape index (κ1) is 70.8. The molecular formula is C48H41BF24IrO2P+. The fourth-order valence-electron chi connectivity index (χ4n) is 7.48. The SMILES string of the molecule is CP(C)C.C[C]1[C](C)[C](C)[C](C)[C]1C.FC(F)(F)c1cc([B-](c2cc(C(F)(F)F)cc(C(F)(F)F)c2)(c2cc(C(F)(F)F)cc(C(F)(F)F)c2)c2cc(C(F)(F)F)cc(C(F)(F)F)c2)cc(C(F)(F)F)c1.[CH2-]OC(C)=O.[Ir+3]. The van der Waals surface area contributed by atoms with Gasteiger partial charge in [0.15, 0.2) is 0 Å². The van der Waals surface area contributed by atoms with Gasteiger partial charge in [0.2, 0.25) is 0 Å². The van der Waals surface area contributed by atoms with Crippen LogP contribution in [-0.2, 0) is 79.0 Å². The molecule has 0 heterocycles. The molecule has 429 valence electrons. The molecule has 0 aromatic heterocycles. The van der Waals surface area contributed by atoms with Crippen molar-refractivity contribution in [2.24, 2.45) is 0 Å². The minimum absolute atomic E-state index is 0. The quantitative estimate of drug-likeness (QED) is 0.0669. The standard InChI is InChI=1S/C32H12BF24.C10H15.C3H5O2.C3H9P.Ir/c34-25(35,36)13-1-14(26(37,38)39)6-21(5-13)33(22-7-15(27(40,41)42)2-16(8-22)28(43,44)45,23-9-17(29(46,47)48)3-18(10-23)30(49,50)51)24-11-19(31(52,53)54)4-20(12-24)32(55,56)57;1-6-7(2)9(4)10(5)8(6)3;1-3(4)5-2;1-4(2)3;/h1-12H;1-5H3;2H2,1H3;1-3H3;/q-1;;-1;;+3. The maximum absolute atomic E-state index is 14.2. The Morgan fingerprint density at radius 3 is 0.532 bits per heavy atom. The van der Waals surface area contributed by atoms with Gasteiger partial charge in [-0.15, -0.1) is 7.92 Å². The summed E-state index contributed by atoms with van der Waals surface area (Å²) in [4.78, 5) is 9.53. The molecule has 29 heteroatoms. The Balaban J connectivity index is 0.00000125. The molecule has 5 radical (unpaired) electrons. The molecule has 1 aliphatic carbocycles. The third-order valence-corrected chi connectivity index (χ3v) is 11.5. The van der Waals surface area contributed by atoms with Crippen molar-refractivity contribution in [3.05, 3.63) is 154 Å². The number of alkyl halides is 24. The van der Waals surface area contributed by atoms with Gasteiger partial charge in [-0.05, 0) is 73.8 Å². The number of benzene rings is 4. The van der Waals surface area contributed by atoms with Gasteiger partial charge in [-0.1, -0.05) is 83.1 Å². The number of carbonyl (C=O) groups excluding carboxylic acids is 1. The average molecular weight is 1340 g/mol. The van der Waals surface area contributed by atoms with Crippen LogP contribution in [0.1, 0.15) is 86.1 Å². The summed E-state index contributed by atoms with van der Waals surface area (Å²) in [6, 6.07) is -8.81. The Labute approximate surface area is 440 Å². The van der Waals surface area contributed by atoms with E-state index in [1.165, 1.54) is 36.5 Å². The van der Waals surface area contributed by atoms with Crippen LogP contribution in [-0.4, -0.2) is 32.1 Å². The van der Waals surface area contributed by atoms with Gasteiger partial charge in [-0.2, -0.15) is 134 Å². The summed E-state index contributed by atoms with van der Waals surface area (Å²) < 4.78 is 345. The van der Waals surface area contributed by atoms with Gasteiger partial charge in [-0.25, -0.2) is 0 Å². The third-order valence-electron chi connectivity index (χ3n) is 11.5. The summed E-state index contributed by atoms with van der Waals surface area (Å²) in [5, 5.41) is 0. The molecular weight excluding hydrogens is 1300 g/mol. The smallest absolute Gasteiger partial charge is 0.640 e. The van der Waals surface area contributed by atoms with Gasteiger partial charge >= 0.3 is 69.5 Å². The van der Waals surface area contributed by atoms with Gasteiger partial charge in [0.05, 0.1) is 44.5 Å². The van der Waals surface area contributed by atoms with E-state index in [4.69, 9.17) is 0 Å². The van der Waals surface area contributed by atoms with Crippen LogP contribution < -0.4 is 21.9 Å². The van der Waals surface area contributed by atoms with E-state index in [2.05, 4.69) is 66.5 Å². The predicted octanol–water partition coefficient (Wildman–Crippen LogP) is 15.9. The topological polar surface area (TPSA) is 26.3 Å². The van der Waals surface area contributed by atoms with E-state index in [1.807, 2.05) is 0 Å². The van der Waals surface area contributed by atoms with Gasteiger partial charge in [0, 0.05) is 6.92 Å². The molecule has 77 heavy (non-hydrogen) atoms. The molecule has 4 aromatic rings. The Bertz CT molecular complexity index is 2120. The normalized spacial score (nSPS) is 15.2. The van der Waals surface area contributed by atoms with Crippen molar-refractivity contribution in [2.45, 2.75) is 91.0 Å². The van der Waals surface area contributed by atoms with Crippen molar-refractivity contribution in [1.29, 1.82) is 0 Å². The maximum Gasteiger partial charge on any atom is 3.00 e. The molecule has 2 nitrogen and oxygen atoms in total. The summed E-state index contributed by atoms with van der Waals surface area (Å²) in [6.45, 7) is 19.0. The second-order valence-electron chi connectivity index (χ2n) is 17.3. The molecule has 0 bridgehead atoms. The van der Waals surface area contributed by atoms with E-state index in [9.17, 15) is 110 Å². The van der Waals surface area contributed by atoms with E-state index >= 15 is 0 Å². The number of hydrogen-bond donors (Lipinski definition) is 0. The van der Waals surface area contributed by atoms with Gasteiger partial charge in [-0.3, -0.25) is 4.79 Å². The largest absolute Gasteiger partial charge is 3.00 e. The number of esters is 1. The van der Waals surface area contributed by atoms with E-state index in [1.54, 1.807) is 0 Å². The van der Waals surface area contributed by atoms with Crippen LogP contribution in [0.2, 0.25) is 0 Å². The van der Waals surface area contributed by atoms with Crippen LogP contribution in [0, 0.1) is 36.7 Å². The first-order valence-corrected chi connectivity index (χ1v) is 23.6. The molecule has 0 atom stereocenters. The van der Waals surface area contributed by atoms with Crippen molar-refractivity contribution in [3.63, 3.8) is 0 Å². The van der Waals surface area contributed by atoms with Crippen molar-refractivity contribution < 1.29 is 135 Å². The molecule has 0 unspecified atom stereocenters. The first-order chi connectivity index (χ1) is 33.8. The number of carbonyl (C=O) groups is 1. The Kier molecular flexibility index (Phi) is 23.1. The van der Waals surface area contributed by atoms with Crippen molar-refractivity contribution in [1.82, 2.24) is 0 Å². The third kappa shape index (κ3) is 18.4. The van der Waals surface area contributed by atoms with Crippen molar-refractivity contribution in [3.8, 4) is 0 Å². The summed E-state index contributed by atoms with van der Waals surface area (Å²) in [5.74, 6) is 6.98. The zero-order chi connectivity index (χ0) is 59.7. The van der Waals surface area contributed by atoms with Crippen LogP contribution in [0.3, 0.4) is 0 Å². The molecule has 0 N–H and O–H groups in total. The zero-order valence-electron chi connectivity index (χ0n) is 40.9. The number of ether oxygens (including phenoxy) is 1. The van der Waals surface area contributed by atoms with Crippen LogP contribution in [0.25, 0.3) is 0 Å². The van der Waals surface area contributed by atoms with E-state index in [-0.39, 0.29) is 26.1 Å². The summed E-state index contributed by atoms with van der Waals surface area (Å²) in [7, 11) is 3.22. The Morgan fingerprint density at radius 2 is 0.455 bits per heavy atom. The monoisotopic (exact) mass is 1340 g/mol. The minimum Gasteiger partial charge on any atom is -0.640 e. The molecule has 0 amide bonds. The summed E-state index contributed by atoms with van der Waals surface area (Å²) in [5.41, 5.74) is -30.2. The van der Waals surface area contributed by atoms with Crippen molar-refractivity contribution >= 4 is 41.9 Å². The summed E-state index contributed by atoms with van der Waals surface area (Å²) in [6.07, 6.45) is -54.8. The van der Waals surface area contributed by atoms with Crippen LogP contribution in [0.5, 0.6) is 0 Å². The molecule has 5 rings (SSSR count). The van der Waals surface area contributed by atoms with Crippen LogP contribution in [0.4, 0.5) is 105 Å². The van der Waals surface area contributed by atoms with Crippen LogP contribution >= 0.6 is 7.92 Å². The minimum atomic E-state index is -6.13. The number of rotatable bonds is 4. The summed E-state index contributed by atoms with van der Waals surface area (Å²) >= 11 is 0. The molecule has 0 saturated heterocycles. The van der Waals surface area contributed by atoms with Gasteiger partial charge in [0.1, 0.15) is 6.15 Å². The van der Waals surface area contributed by atoms with E-state index in [0.717, 1.165) is 0 Å². The first-order valence-electron chi connectivity index (χ1n) is 20.9. The number of hydrogen-bond acceptors (Lipinski definition) is 2. The fourth-order valence-corrected chi connectivity index (χ4v) is 7.48. The van der Waals surface area contributed by atoms with Crippen LogP contribution in [0.15, 0.2) is 72.8 Å². The molecule has 1 aliphatic rings. The molecule has 4 aromatic carbocycles. The van der Waals surface area contributed by atoms with Gasteiger partial charge < -0.3 is 4.74 Å². The Hall–Kier alpha value is -4.19. The second-order valence-corrected chi connectivity index (χ2v) is 20.0. The Morgan fingerprint density at radius 1 is 0.351 bits per heavy atom. The van der Waals surface area contributed by atoms with Gasteiger partial charge in [0.25, 0.3) is 5.97 Å². The molecule has 1 fully saturated rings. The van der Waals surface area contributed by atoms with Crippen molar-refractivity contribution in [2.75, 3.05) is 20.0 Å². The molecule has 0 aliphatic heterocycles. The molecule has 0 spiro atoms. The van der Waals surface area contributed by atoms with E-state index < -0.39 is 195 Å². The zero-order valence-corrected chi connectivity index (χ0v) is 44.2. The maximum atomic E-state index is 14.2. The fraction of sp³-hybridized carbons (Fsp3) is 0.354. The average Bonchev–Trinajstić information content (AvgIpc) is 3.41. The number of halogens is 24. The predicted molar refractivity (Wildman–Crippen MR) is 236 cm³/mol. The molecule has 1 saturated carbocycles. The van der Waals surface area contributed by atoms with E-state index in [0.29, 0.717) is 7.92 Å². The second kappa shape index (κ2) is 25.1.